The van der Waals surface area contributed by atoms with Crippen LogP contribution in [0, 0.1) is 0 Å². The van der Waals surface area contributed by atoms with Crippen molar-refractivity contribution in [3.63, 3.8) is 0 Å². The van der Waals surface area contributed by atoms with Crippen molar-refractivity contribution in [2.45, 2.75) is 38.5 Å². The summed E-state index contributed by atoms with van der Waals surface area (Å²) in [4.78, 5) is 15.0. The Labute approximate surface area is 179 Å². The van der Waals surface area contributed by atoms with Crippen molar-refractivity contribution in [2.24, 2.45) is 0 Å². The largest absolute Gasteiger partial charge is 0.493 e. The van der Waals surface area contributed by atoms with Crippen LogP contribution in [0.15, 0.2) is 48.5 Å². The van der Waals surface area contributed by atoms with E-state index < -0.39 is 0 Å². The van der Waals surface area contributed by atoms with Crippen molar-refractivity contribution in [2.75, 3.05) is 33.9 Å². The Hall–Kier alpha value is -2.57. The van der Waals surface area contributed by atoms with Crippen LogP contribution in [0.1, 0.15) is 36.9 Å². The summed E-state index contributed by atoms with van der Waals surface area (Å²) in [6.45, 7) is 4.57. The van der Waals surface area contributed by atoms with Gasteiger partial charge in [-0.2, -0.15) is 0 Å². The number of likely N-dealkylation sites (N-methyl/N-ethyl adjacent to an activating group) is 1. The Morgan fingerprint density at radius 3 is 2.70 bits per heavy atom. The van der Waals surface area contributed by atoms with Crippen LogP contribution in [0.4, 0.5) is 0 Å². The van der Waals surface area contributed by atoms with Crippen molar-refractivity contribution < 1.29 is 19.0 Å². The summed E-state index contributed by atoms with van der Waals surface area (Å²) in [5.41, 5.74) is 1.94. The highest BCUT2D eigenvalue weighted by molar-refractivity contribution is 5.83. The average molecular weight is 413 g/mol. The molecule has 1 saturated heterocycles. The van der Waals surface area contributed by atoms with Crippen molar-refractivity contribution >= 4 is 5.91 Å². The molecule has 2 aromatic carbocycles. The third-order valence-electron chi connectivity index (χ3n) is 5.45. The number of carbonyl (C=O) groups is 1. The van der Waals surface area contributed by atoms with Crippen LogP contribution in [-0.4, -0.2) is 50.8 Å². The topological polar surface area (TPSA) is 60.0 Å². The summed E-state index contributed by atoms with van der Waals surface area (Å²) in [6.07, 6.45) is 2.27. The lowest BCUT2D eigenvalue weighted by molar-refractivity contribution is -0.126. The Kier molecular flexibility index (Phi) is 8.11. The van der Waals surface area contributed by atoms with E-state index in [0.717, 1.165) is 37.1 Å². The first kappa shape index (κ1) is 22.1. The molecule has 6 heteroatoms. The molecular weight excluding hydrogens is 380 g/mol. The van der Waals surface area contributed by atoms with Crippen LogP contribution in [0.3, 0.4) is 0 Å². The van der Waals surface area contributed by atoms with Crippen LogP contribution < -0.4 is 14.8 Å². The maximum absolute atomic E-state index is 13.0. The van der Waals surface area contributed by atoms with E-state index in [1.165, 1.54) is 0 Å². The summed E-state index contributed by atoms with van der Waals surface area (Å²) in [5, 5.41) is 3.06. The van der Waals surface area contributed by atoms with Gasteiger partial charge in [-0.3, -0.25) is 9.69 Å². The Morgan fingerprint density at radius 2 is 2.03 bits per heavy atom. The van der Waals surface area contributed by atoms with Crippen molar-refractivity contribution in [1.29, 1.82) is 0 Å². The molecular formula is C24H32N2O4. The van der Waals surface area contributed by atoms with Gasteiger partial charge in [-0.25, -0.2) is 0 Å². The van der Waals surface area contributed by atoms with Crippen LogP contribution in [0.25, 0.3) is 0 Å². The fourth-order valence-corrected chi connectivity index (χ4v) is 3.61. The molecule has 162 valence electrons. The minimum Gasteiger partial charge on any atom is -0.493 e. The van der Waals surface area contributed by atoms with Gasteiger partial charge >= 0.3 is 0 Å². The zero-order valence-electron chi connectivity index (χ0n) is 18.1. The lowest BCUT2D eigenvalue weighted by Gasteiger charge is -2.26. The number of nitrogens with zero attached hydrogens (tertiary/aromatic N) is 1. The van der Waals surface area contributed by atoms with Crippen molar-refractivity contribution in [3.05, 3.63) is 59.7 Å². The van der Waals surface area contributed by atoms with Crippen LogP contribution in [0.2, 0.25) is 0 Å². The molecule has 3 rings (SSSR count). The monoisotopic (exact) mass is 412 g/mol. The predicted molar refractivity (Wildman–Crippen MR) is 117 cm³/mol. The molecule has 0 bridgehead atoms. The number of carbonyl (C=O) groups excluding carboxylic acids is 1. The Morgan fingerprint density at radius 1 is 1.23 bits per heavy atom. The summed E-state index contributed by atoms with van der Waals surface area (Å²) in [5.74, 6) is 1.32. The molecule has 2 aromatic rings. The summed E-state index contributed by atoms with van der Waals surface area (Å²) in [7, 11) is 3.58. The SMILES string of the molecule is CCN(C)C(C(=O)NCc1ccc(OCC2CCCO2)c(OC)c1)c1ccccc1. The summed E-state index contributed by atoms with van der Waals surface area (Å²) in [6, 6.07) is 15.3. The number of nitrogens with one attached hydrogen (secondary N) is 1. The minimum absolute atomic E-state index is 0.0248. The van der Waals surface area contributed by atoms with E-state index in [-0.39, 0.29) is 18.1 Å². The van der Waals surface area contributed by atoms with Crippen LogP contribution in [0.5, 0.6) is 11.5 Å². The van der Waals surface area contributed by atoms with Crippen molar-refractivity contribution in [3.8, 4) is 11.5 Å². The first-order valence-electron chi connectivity index (χ1n) is 10.6. The Bertz CT molecular complexity index is 806. The zero-order valence-corrected chi connectivity index (χ0v) is 18.1. The predicted octanol–water partition coefficient (Wildman–Crippen LogP) is 3.56. The highest BCUT2D eigenvalue weighted by Gasteiger charge is 2.24. The highest BCUT2D eigenvalue weighted by atomic mass is 16.5. The molecule has 2 atom stereocenters. The van der Waals surface area contributed by atoms with Gasteiger partial charge in [-0.15, -0.1) is 0 Å². The lowest BCUT2D eigenvalue weighted by atomic mass is 10.0. The van der Waals surface area contributed by atoms with E-state index in [1.54, 1.807) is 7.11 Å². The number of rotatable bonds is 10. The maximum Gasteiger partial charge on any atom is 0.242 e. The second kappa shape index (κ2) is 11.0. The third kappa shape index (κ3) is 5.74. The Balaban J connectivity index is 1.62. The molecule has 6 nitrogen and oxygen atoms in total. The molecule has 1 fully saturated rings. The van der Waals surface area contributed by atoms with E-state index in [2.05, 4.69) is 5.32 Å². The molecule has 30 heavy (non-hydrogen) atoms. The first-order chi connectivity index (χ1) is 14.6. The minimum atomic E-state index is -0.327. The normalized spacial score (nSPS) is 17.0. The molecule has 1 N–H and O–H groups in total. The molecule has 0 saturated carbocycles. The smallest absolute Gasteiger partial charge is 0.242 e. The molecule has 1 heterocycles. The molecule has 1 aliphatic rings. The van der Waals surface area contributed by atoms with Crippen LogP contribution >= 0.6 is 0 Å². The third-order valence-corrected chi connectivity index (χ3v) is 5.45. The van der Waals surface area contributed by atoms with Gasteiger partial charge in [-0.05, 0) is 49.7 Å². The molecule has 0 radical (unpaired) electrons. The van der Waals surface area contributed by atoms with E-state index in [1.807, 2.05) is 67.4 Å². The van der Waals surface area contributed by atoms with Gasteiger partial charge in [-0.1, -0.05) is 43.3 Å². The lowest BCUT2D eigenvalue weighted by Crippen LogP contribution is -2.38. The molecule has 2 unspecified atom stereocenters. The van der Waals surface area contributed by atoms with E-state index >= 15 is 0 Å². The molecule has 1 amide bonds. The van der Waals surface area contributed by atoms with E-state index in [0.29, 0.717) is 24.7 Å². The summed E-state index contributed by atoms with van der Waals surface area (Å²) < 4.78 is 17.0. The van der Waals surface area contributed by atoms with Gasteiger partial charge < -0.3 is 19.5 Å². The number of benzene rings is 2. The number of methoxy groups -OCH3 is 1. The number of hydrogen-bond acceptors (Lipinski definition) is 5. The second-order valence-electron chi connectivity index (χ2n) is 7.54. The van der Waals surface area contributed by atoms with Crippen LogP contribution in [-0.2, 0) is 16.1 Å². The molecule has 0 aliphatic carbocycles. The quantitative estimate of drug-likeness (QED) is 0.647. The van der Waals surface area contributed by atoms with Gasteiger partial charge in [0.05, 0.1) is 13.2 Å². The van der Waals surface area contributed by atoms with Gasteiger partial charge in [0.25, 0.3) is 0 Å². The highest BCUT2D eigenvalue weighted by Crippen LogP contribution is 2.29. The fraction of sp³-hybridized carbons (Fsp3) is 0.458. The maximum atomic E-state index is 13.0. The molecule has 0 spiro atoms. The van der Waals surface area contributed by atoms with E-state index in [4.69, 9.17) is 14.2 Å². The fourth-order valence-electron chi connectivity index (χ4n) is 3.61. The van der Waals surface area contributed by atoms with Gasteiger partial charge in [0.2, 0.25) is 5.91 Å². The zero-order chi connectivity index (χ0) is 21.3. The first-order valence-corrected chi connectivity index (χ1v) is 10.6. The average Bonchev–Trinajstić information content (AvgIpc) is 3.31. The van der Waals surface area contributed by atoms with Gasteiger partial charge in [0, 0.05) is 13.2 Å². The van der Waals surface area contributed by atoms with E-state index in [9.17, 15) is 4.79 Å². The second-order valence-corrected chi connectivity index (χ2v) is 7.54. The van der Waals surface area contributed by atoms with Gasteiger partial charge in [0.15, 0.2) is 11.5 Å². The van der Waals surface area contributed by atoms with Gasteiger partial charge in [0.1, 0.15) is 12.6 Å². The molecule has 1 aliphatic heterocycles. The molecule has 0 aromatic heterocycles. The number of amides is 1. The number of ether oxygens (including phenoxy) is 3. The standard InChI is InChI=1S/C24H32N2O4/c1-4-26(2)23(19-9-6-5-7-10-19)24(27)25-16-18-12-13-21(22(15-18)28-3)30-17-20-11-8-14-29-20/h5-7,9-10,12-13,15,20,23H,4,8,11,14,16-17H2,1-3H3,(H,25,27). The summed E-state index contributed by atoms with van der Waals surface area (Å²) >= 11 is 0. The van der Waals surface area contributed by atoms with Crippen molar-refractivity contribution in [1.82, 2.24) is 10.2 Å². The number of hydrogen-bond donors (Lipinski definition) is 1.